The Kier molecular flexibility index (Phi) is 8.33. The van der Waals surface area contributed by atoms with Gasteiger partial charge in [0, 0.05) is 24.7 Å². The Bertz CT molecular complexity index is 1200. The molecule has 1 aliphatic rings. The summed E-state index contributed by atoms with van der Waals surface area (Å²) in [6.45, 7) is 4.54. The molecule has 11 heteroatoms. The molecule has 3 aromatic rings. The first kappa shape index (κ1) is 24.8. The fourth-order valence-corrected chi connectivity index (χ4v) is 5.26. The zero-order chi connectivity index (χ0) is 24.0. The largest absolute Gasteiger partial charge is 0.482 e. The Balaban J connectivity index is 1.49. The molecule has 1 saturated heterocycles. The van der Waals surface area contributed by atoms with Crippen molar-refractivity contribution < 1.29 is 22.3 Å². The molecule has 0 aliphatic carbocycles. The molecule has 0 saturated carbocycles. The van der Waals surface area contributed by atoms with E-state index in [4.69, 9.17) is 37.1 Å². The van der Waals surface area contributed by atoms with Crippen LogP contribution in [0.1, 0.15) is 12.3 Å². The fraction of sp³-hybridized carbons (Fsp3) is 0.348. The predicted octanol–water partition coefficient (Wildman–Crippen LogP) is 4.53. The zero-order valence-corrected chi connectivity index (χ0v) is 20.7. The van der Waals surface area contributed by atoms with Crippen molar-refractivity contribution in [2.75, 3.05) is 44.7 Å². The van der Waals surface area contributed by atoms with Crippen molar-refractivity contribution in [1.29, 1.82) is 0 Å². The number of hydrogen-bond acceptors (Lipinski definition) is 8. The molecule has 2 heterocycles. The number of nitrogens with one attached hydrogen (secondary N) is 1. The summed E-state index contributed by atoms with van der Waals surface area (Å²) in [5.41, 5.74) is 0. The fourth-order valence-electron chi connectivity index (χ4n) is 3.48. The summed E-state index contributed by atoms with van der Waals surface area (Å²) < 4.78 is 43.3. The van der Waals surface area contributed by atoms with Crippen molar-refractivity contribution in [3.63, 3.8) is 0 Å². The summed E-state index contributed by atoms with van der Waals surface area (Å²) >= 11 is 12.1. The predicted molar refractivity (Wildman–Crippen MR) is 130 cm³/mol. The number of anilines is 1. The molecule has 0 radical (unpaired) electrons. The third kappa shape index (κ3) is 6.22. The van der Waals surface area contributed by atoms with Crippen LogP contribution in [-0.2, 0) is 21.2 Å². The molecule has 8 nitrogen and oxygen atoms in total. The number of aromatic nitrogens is 1. The van der Waals surface area contributed by atoms with Crippen LogP contribution in [0.15, 0.2) is 62.9 Å². The first-order valence-corrected chi connectivity index (χ1v) is 13.1. The number of benzene rings is 2. The summed E-state index contributed by atoms with van der Waals surface area (Å²) in [5, 5.41) is 3.74. The molecule has 0 unspecified atom stereocenters. The van der Waals surface area contributed by atoms with Gasteiger partial charge >= 0.3 is 0 Å². The van der Waals surface area contributed by atoms with Crippen molar-refractivity contribution in [2.24, 2.45) is 0 Å². The quantitative estimate of drug-likeness (QED) is 0.386. The molecule has 1 aliphatic heterocycles. The van der Waals surface area contributed by atoms with Crippen LogP contribution in [0, 0.1) is 0 Å². The van der Waals surface area contributed by atoms with Gasteiger partial charge in [0.2, 0.25) is 26.6 Å². The van der Waals surface area contributed by atoms with Crippen LogP contribution in [0.25, 0.3) is 0 Å². The van der Waals surface area contributed by atoms with Gasteiger partial charge in [-0.15, -0.1) is 0 Å². The first-order chi connectivity index (χ1) is 16.4. The van der Waals surface area contributed by atoms with Crippen molar-refractivity contribution in [3.8, 4) is 5.75 Å². The van der Waals surface area contributed by atoms with Gasteiger partial charge in [0.05, 0.1) is 23.1 Å². The van der Waals surface area contributed by atoms with Crippen LogP contribution in [-0.4, -0.2) is 57.7 Å². The number of morpholine rings is 1. The standard InChI is InChI=1S/C23H25Cl2N3O5S/c24-17-7-8-20(19(25)15-17)32-16-21-27-23(34(29,30)18-5-2-1-3-6-18)22(33-21)26-9-4-10-28-11-13-31-14-12-28/h1-3,5-8,15,26H,4,9-14,16H2. The minimum atomic E-state index is -3.90. The van der Waals surface area contributed by atoms with Crippen molar-refractivity contribution >= 4 is 38.9 Å². The van der Waals surface area contributed by atoms with Crippen molar-refractivity contribution in [1.82, 2.24) is 9.88 Å². The number of hydrogen-bond donors (Lipinski definition) is 1. The highest BCUT2D eigenvalue weighted by Gasteiger charge is 2.28. The second kappa shape index (κ2) is 11.4. The lowest BCUT2D eigenvalue weighted by Gasteiger charge is -2.26. The maximum atomic E-state index is 13.3. The Labute approximate surface area is 208 Å². The molecular weight excluding hydrogens is 501 g/mol. The number of ether oxygens (including phenoxy) is 2. The second-order valence-corrected chi connectivity index (χ2v) is 10.4. The Morgan fingerprint density at radius 3 is 2.59 bits per heavy atom. The minimum absolute atomic E-state index is 0.0895. The van der Waals surface area contributed by atoms with Gasteiger partial charge in [0.15, 0.2) is 6.61 Å². The molecule has 0 amide bonds. The molecule has 0 spiro atoms. The Hall–Kier alpha value is -2.30. The maximum absolute atomic E-state index is 13.3. The lowest BCUT2D eigenvalue weighted by atomic mass is 10.3. The van der Waals surface area contributed by atoms with Gasteiger partial charge < -0.3 is 19.2 Å². The molecule has 2 aromatic carbocycles. The van der Waals surface area contributed by atoms with E-state index in [1.165, 1.54) is 12.1 Å². The second-order valence-electron chi connectivity index (χ2n) is 7.66. The van der Waals surface area contributed by atoms with Crippen LogP contribution in [0.4, 0.5) is 5.88 Å². The van der Waals surface area contributed by atoms with Gasteiger partial charge in [-0.2, -0.15) is 4.98 Å². The highest BCUT2D eigenvalue weighted by Crippen LogP contribution is 2.31. The molecule has 1 N–H and O–H groups in total. The molecule has 0 bridgehead atoms. The van der Waals surface area contributed by atoms with Crippen LogP contribution in [0.3, 0.4) is 0 Å². The third-order valence-corrected chi connectivity index (χ3v) is 7.44. The highest BCUT2D eigenvalue weighted by molar-refractivity contribution is 7.91. The number of sulfone groups is 1. The average Bonchev–Trinajstić information content (AvgIpc) is 3.26. The SMILES string of the molecule is O=S(=O)(c1ccccc1)c1nc(COc2ccc(Cl)cc2Cl)oc1NCCCN1CCOCC1. The van der Waals surface area contributed by atoms with Gasteiger partial charge in [-0.25, -0.2) is 8.42 Å². The summed E-state index contributed by atoms with van der Waals surface area (Å²) in [6, 6.07) is 12.9. The van der Waals surface area contributed by atoms with Gasteiger partial charge in [-0.3, -0.25) is 4.90 Å². The lowest BCUT2D eigenvalue weighted by molar-refractivity contribution is 0.0378. The van der Waals surface area contributed by atoms with E-state index in [0.717, 1.165) is 39.3 Å². The molecule has 34 heavy (non-hydrogen) atoms. The van der Waals surface area contributed by atoms with Crippen molar-refractivity contribution in [3.05, 3.63) is 64.5 Å². The molecule has 1 aromatic heterocycles. The molecule has 1 fully saturated rings. The summed E-state index contributed by atoms with van der Waals surface area (Å²) in [7, 11) is -3.90. The van der Waals surface area contributed by atoms with Crippen LogP contribution in [0.2, 0.25) is 10.0 Å². The monoisotopic (exact) mass is 525 g/mol. The Morgan fingerprint density at radius 2 is 1.85 bits per heavy atom. The van der Waals surface area contributed by atoms with Crippen molar-refractivity contribution in [2.45, 2.75) is 22.9 Å². The normalized spacial score (nSPS) is 14.8. The number of oxazole rings is 1. The number of nitrogens with zero attached hydrogens (tertiary/aromatic N) is 2. The number of rotatable bonds is 10. The Morgan fingerprint density at radius 1 is 1.09 bits per heavy atom. The summed E-state index contributed by atoms with van der Waals surface area (Å²) in [4.78, 5) is 6.69. The van der Waals surface area contributed by atoms with E-state index in [2.05, 4.69) is 15.2 Å². The number of halogens is 2. The van der Waals surface area contributed by atoms with E-state index >= 15 is 0 Å². The van der Waals surface area contributed by atoms with E-state index in [0.29, 0.717) is 22.3 Å². The van der Waals surface area contributed by atoms with E-state index in [1.807, 2.05) is 0 Å². The van der Waals surface area contributed by atoms with E-state index < -0.39 is 9.84 Å². The third-order valence-electron chi connectivity index (χ3n) is 5.23. The van der Waals surface area contributed by atoms with E-state index in [1.54, 1.807) is 36.4 Å². The van der Waals surface area contributed by atoms with E-state index in [9.17, 15) is 8.42 Å². The zero-order valence-electron chi connectivity index (χ0n) is 18.4. The summed E-state index contributed by atoms with van der Waals surface area (Å²) in [6.07, 6.45) is 0.803. The van der Waals surface area contributed by atoms with Gasteiger partial charge in [-0.1, -0.05) is 41.4 Å². The van der Waals surface area contributed by atoms with Gasteiger partial charge in [0.1, 0.15) is 5.75 Å². The first-order valence-electron chi connectivity index (χ1n) is 10.8. The van der Waals surface area contributed by atoms with Crippen LogP contribution < -0.4 is 10.1 Å². The van der Waals surface area contributed by atoms with E-state index in [-0.39, 0.29) is 28.3 Å². The molecule has 4 rings (SSSR count). The topological polar surface area (TPSA) is 93.9 Å². The molecular formula is C23H25Cl2N3O5S. The van der Waals surface area contributed by atoms with Gasteiger partial charge in [0.25, 0.3) is 0 Å². The highest BCUT2D eigenvalue weighted by atomic mass is 35.5. The molecule has 182 valence electrons. The summed E-state index contributed by atoms with van der Waals surface area (Å²) in [5.74, 6) is 0.583. The lowest BCUT2D eigenvalue weighted by Crippen LogP contribution is -2.37. The van der Waals surface area contributed by atoms with Gasteiger partial charge in [-0.05, 0) is 43.3 Å². The molecule has 0 atom stereocenters. The minimum Gasteiger partial charge on any atom is -0.482 e. The smallest absolute Gasteiger partial charge is 0.236 e. The maximum Gasteiger partial charge on any atom is 0.236 e. The average molecular weight is 526 g/mol. The van der Waals surface area contributed by atoms with Crippen LogP contribution >= 0.6 is 23.2 Å². The van der Waals surface area contributed by atoms with Crippen LogP contribution in [0.5, 0.6) is 5.75 Å².